The Morgan fingerprint density at radius 3 is 2.42 bits per heavy atom. The Hall–Kier alpha value is -2.51. The molecule has 1 amide bonds. The zero-order valence-corrected chi connectivity index (χ0v) is 14.4. The van der Waals surface area contributed by atoms with E-state index in [0.29, 0.717) is 18.5 Å². The molecule has 4 heteroatoms. The lowest BCUT2D eigenvalue weighted by Crippen LogP contribution is -2.23. The summed E-state index contributed by atoms with van der Waals surface area (Å²) in [5, 5.41) is 2.79. The van der Waals surface area contributed by atoms with Crippen molar-refractivity contribution >= 4 is 23.5 Å². The third kappa shape index (κ3) is 6.31. The summed E-state index contributed by atoms with van der Waals surface area (Å²) >= 11 is 1.66. The summed E-state index contributed by atoms with van der Waals surface area (Å²) in [4.78, 5) is 24.1. The first kappa shape index (κ1) is 17.8. The first-order valence-electron chi connectivity index (χ1n) is 7.69. The maximum atomic E-state index is 11.7. The minimum Gasteiger partial charge on any atom is -0.345 e. The van der Waals surface area contributed by atoms with Crippen molar-refractivity contribution in [2.45, 2.75) is 18.2 Å². The first-order valence-corrected chi connectivity index (χ1v) is 8.68. The van der Waals surface area contributed by atoms with Crippen LogP contribution in [0.25, 0.3) is 0 Å². The number of hydrogen-bond donors (Lipinski definition) is 1. The van der Waals surface area contributed by atoms with E-state index >= 15 is 0 Å². The molecule has 2 aromatic carbocycles. The molecule has 0 unspecified atom stereocenters. The van der Waals surface area contributed by atoms with Gasteiger partial charge in [0.1, 0.15) is 0 Å². The van der Waals surface area contributed by atoms with Crippen LogP contribution in [0.2, 0.25) is 0 Å². The number of nitrogens with one attached hydrogen (secondary N) is 1. The van der Waals surface area contributed by atoms with Crippen molar-refractivity contribution in [3.63, 3.8) is 0 Å². The van der Waals surface area contributed by atoms with E-state index in [0.717, 1.165) is 11.3 Å². The van der Waals surface area contributed by atoms with Crippen molar-refractivity contribution in [3.05, 3.63) is 65.7 Å². The molecule has 0 saturated heterocycles. The molecule has 0 saturated carbocycles. The maximum absolute atomic E-state index is 11.7. The van der Waals surface area contributed by atoms with Gasteiger partial charge >= 0.3 is 0 Å². The molecule has 0 bridgehead atoms. The Bertz CT molecular complexity index is 743. The van der Waals surface area contributed by atoms with Gasteiger partial charge in [-0.25, -0.2) is 0 Å². The molecule has 24 heavy (non-hydrogen) atoms. The summed E-state index contributed by atoms with van der Waals surface area (Å²) < 4.78 is 0. The molecule has 0 spiro atoms. The van der Waals surface area contributed by atoms with Gasteiger partial charge < -0.3 is 5.32 Å². The second kappa shape index (κ2) is 9.59. The van der Waals surface area contributed by atoms with E-state index in [4.69, 9.17) is 0 Å². The lowest BCUT2D eigenvalue weighted by molar-refractivity contribution is -0.120. The largest absolute Gasteiger partial charge is 0.345 e. The van der Waals surface area contributed by atoms with Gasteiger partial charge in [0.05, 0.1) is 6.54 Å². The summed E-state index contributed by atoms with van der Waals surface area (Å²) in [6.07, 6.45) is 0.467. The molecular weight excluding hydrogens is 318 g/mol. The van der Waals surface area contributed by atoms with E-state index in [1.165, 1.54) is 11.8 Å². The molecule has 2 rings (SSSR count). The number of rotatable bonds is 6. The van der Waals surface area contributed by atoms with Gasteiger partial charge in [0.2, 0.25) is 5.91 Å². The van der Waals surface area contributed by atoms with Crippen LogP contribution in [0, 0.1) is 11.8 Å². The van der Waals surface area contributed by atoms with E-state index in [2.05, 4.69) is 17.2 Å². The Morgan fingerprint density at radius 2 is 1.75 bits per heavy atom. The van der Waals surface area contributed by atoms with Crippen LogP contribution in [-0.2, 0) is 4.79 Å². The molecule has 0 aliphatic heterocycles. The molecule has 2 aromatic rings. The standard InChI is InChI=1S/C20H19NO2S/c1-16(22)18-11-9-17(10-12-18)6-5-14-21-20(23)13-15-24-19-7-3-2-4-8-19/h2-4,7-12H,13-15H2,1H3,(H,21,23). The van der Waals surface area contributed by atoms with Crippen LogP contribution in [0.3, 0.4) is 0 Å². The molecule has 0 fully saturated rings. The molecule has 0 aromatic heterocycles. The zero-order chi connectivity index (χ0) is 17.2. The van der Waals surface area contributed by atoms with E-state index in [1.807, 2.05) is 42.5 Å². The third-order valence-corrected chi connectivity index (χ3v) is 4.25. The summed E-state index contributed by atoms with van der Waals surface area (Å²) in [5.41, 5.74) is 1.50. The smallest absolute Gasteiger partial charge is 0.221 e. The van der Waals surface area contributed by atoms with E-state index in [9.17, 15) is 9.59 Å². The van der Waals surface area contributed by atoms with Gasteiger partial charge in [-0.15, -0.1) is 11.8 Å². The van der Waals surface area contributed by atoms with Crippen LogP contribution in [-0.4, -0.2) is 24.0 Å². The molecule has 1 N–H and O–H groups in total. The van der Waals surface area contributed by atoms with Crippen LogP contribution in [0.1, 0.15) is 29.3 Å². The third-order valence-electron chi connectivity index (χ3n) is 3.24. The van der Waals surface area contributed by atoms with E-state index < -0.39 is 0 Å². The molecule has 3 nitrogen and oxygen atoms in total. The Labute approximate surface area is 146 Å². The van der Waals surface area contributed by atoms with Crippen molar-refractivity contribution in [1.29, 1.82) is 0 Å². The molecular formula is C20H19NO2S. The van der Waals surface area contributed by atoms with Crippen LogP contribution in [0.15, 0.2) is 59.5 Å². The Kier molecular flexibility index (Phi) is 7.13. The van der Waals surface area contributed by atoms with Gasteiger partial charge in [-0.05, 0) is 31.2 Å². The van der Waals surface area contributed by atoms with Crippen LogP contribution in [0.4, 0.5) is 0 Å². The zero-order valence-electron chi connectivity index (χ0n) is 13.5. The van der Waals surface area contributed by atoms with Crippen molar-refractivity contribution in [2.75, 3.05) is 12.3 Å². The number of ketones is 1. The highest BCUT2D eigenvalue weighted by atomic mass is 32.2. The lowest BCUT2D eigenvalue weighted by atomic mass is 10.1. The summed E-state index contributed by atoms with van der Waals surface area (Å²) in [6.45, 7) is 1.86. The van der Waals surface area contributed by atoms with Crippen molar-refractivity contribution in [3.8, 4) is 11.8 Å². The van der Waals surface area contributed by atoms with Crippen molar-refractivity contribution in [1.82, 2.24) is 5.32 Å². The minimum absolute atomic E-state index is 0.000316. The Morgan fingerprint density at radius 1 is 1.04 bits per heavy atom. The number of carbonyl (C=O) groups excluding carboxylic acids is 2. The maximum Gasteiger partial charge on any atom is 0.221 e. The lowest BCUT2D eigenvalue weighted by Gasteiger charge is -2.02. The molecule has 0 aliphatic carbocycles. The summed E-state index contributed by atoms with van der Waals surface area (Å²) in [5.74, 6) is 6.67. The number of thioether (sulfide) groups is 1. The molecule has 0 radical (unpaired) electrons. The highest BCUT2D eigenvalue weighted by molar-refractivity contribution is 7.99. The SMILES string of the molecule is CC(=O)c1ccc(C#CCNC(=O)CCSc2ccccc2)cc1. The number of benzene rings is 2. The molecule has 0 heterocycles. The normalized spacial score (nSPS) is 9.71. The van der Waals surface area contributed by atoms with Crippen molar-refractivity contribution in [2.24, 2.45) is 0 Å². The predicted octanol–water partition coefficient (Wildman–Crippen LogP) is 3.54. The average Bonchev–Trinajstić information content (AvgIpc) is 2.60. The van der Waals surface area contributed by atoms with E-state index in [-0.39, 0.29) is 11.7 Å². The number of hydrogen-bond acceptors (Lipinski definition) is 3. The molecule has 0 aliphatic rings. The highest BCUT2D eigenvalue weighted by Crippen LogP contribution is 2.17. The van der Waals surface area contributed by atoms with Crippen molar-refractivity contribution < 1.29 is 9.59 Å². The number of carbonyl (C=O) groups is 2. The Balaban J connectivity index is 1.68. The monoisotopic (exact) mass is 337 g/mol. The van der Waals surface area contributed by atoms with E-state index in [1.54, 1.807) is 23.9 Å². The van der Waals surface area contributed by atoms with Gasteiger partial charge in [0, 0.05) is 28.2 Å². The van der Waals surface area contributed by atoms with Gasteiger partial charge in [-0.3, -0.25) is 9.59 Å². The summed E-state index contributed by atoms with van der Waals surface area (Å²) in [7, 11) is 0. The minimum atomic E-state index is -0.000316. The number of amides is 1. The fourth-order valence-corrected chi connectivity index (χ4v) is 2.82. The quantitative estimate of drug-likeness (QED) is 0.498. The first-order chi connectivity index (χ1) is 11.6. The van der Waals surface area contributed by atoms with Crippen LogP contribution < -0.4 is 5.32 Å². The second-order valence-electron chi connectivity index (χ2n) is 5.12. The van der Waals surface area contributed by atoms with Crippen LogP contribution >= 0.6 is 11.8 Å². The second-order valence-corrected chi connectivity index (χ2v) is 6.29. The summed E-state index contributed by atoms with van der Waals surface area (Å²) in [6, 6.07) is 17.1. The topological polar surface area (TPSA) is 46.2 Å². The van der Waals surface area contributed by atoms with Gasteiger partial charge in [-0.1, -0.05) is 42.2 Å². The number of Topliss-reactive ketones (excluding diaryl/α,β-unsaturated/α-hetero) is 1. The fourth-order valence-electron chi connectivity index (χ4n) is 1.94. The predicted molar refractivity (Wildman–Crippen MR) is 98.1 cm³/mol. The average molecular weight is 337 g/mol. The van der Waals surface area contributed by atoms with Gasteiger partial charge in [-0.2, -0.15) is 0 Å². The van der Waals surface area contributed by atoms with Gasteiger partial charge in [0.25, 0.3) is 0 Å². The molecule has 122 valence electrons. The highest BCUT2D eigenvalue weighted by Gasteiger charge is 2.00. The molecule has 0 atom stereocenters. The van der Waals surface area contributed by atoms with Gasteiger partial charge in [0.15, 0.2) is 5.78 Å². The fraction of sp³-hybridized carbons (Fsp3) is 0.200. The van der Waals surface area contributed by atoms with Crippen LogP contribution in [0.5, 0.6) is 0 Å².